The Morgan fingerprint density at radius 3 is 2.23 bits per heavy atom. The number of thioether (sulfide) groups is 1. The van der Waals surface area contributed by atoms with Gasteiger partial charge in [-0.2, -0.15) is 0 Å². The summed E-state index contributed by atoms with van der Waals surface area (Å²) in [6.45, 7) is 17.4. The van der Waals surface area contributed by atoms with Crippen molar-refractivity contribution in [1.82, 2.24) is 14.9 Å². The Balaban J connectivity index is 1.33. The maximum Gasteiger partial charge on any atom is 0.407 e. The smallest absolute Gasteiger partial charge is 0.407 e. The number of amides is 1. The van der Waals surface area contributed by atoms with Crippen molar-refractivity contribution in [1.29, 1.82) is 0 Å². The second kappa shape index (κ2) is 27.7. The van der Waals surface area contributed by atoms with Gasteiger partial charge in [0.1, 0.15) is 36.1 Å². The molecular formula is C55H89N5O18S. The number of pyridine rings is 1. The van der Waals surface area contributed by atoms with Crippen LogP contribution in [0.5, 0.6) is 0 Å². The number of alkyl carbamates (subject to hydrolysis) is 1. The van der Waals surface area contributed by atoms with Gasteiger partial charge in [-0.05, 0) is 93.1 Å². The third-order valence-corrected chi connectivity index (χ3v) is 16.8. The number of cyclic esters (lactones) is 1. The van der Waals surface area contributed by atoms with Gasteiger partial charge >= 0.3 is 18.0 Å². The van der Waals surface area contributed by atoms with Crippen LogP contribution in [0.2, 0.25) is 0 Å². The Labute approximate surface area is 468 Å². The van der Waals surface area contributed by atoms with Crippen LogP contribution in [-0.2, 0) is 47.5 Å². The minimum atomic E-state index is -1.98. The number of ether oxygens (including phenoxy) is 8. The number of nitrogens with one attached hydrogen (secondary N) is 1. The number of benzene rings is 1. The van der Waals surface area contributed by atoms with Crippen LogP contribution in [-0.4, -0.2) is 211 Å². The van der Waals surface area contributed by atoms with E-state index in [9.17, 15) is 44.7 Å². The van der Waals surface area contributed by atoms with E-state index in [0.29, 0.717) is 30.0 Å². The highest BCUT2D eigenvalue weighted by molar-refractivity contribution is 7.99. The highest BCUT2D eigenvalue weighted by Gasteiger charge is 2.54. The number of carbonyl (C=O) groups excluding carboxylic acids is 2. The van der Waals surface area contributed by atoms with Gasteiger partial charge in [0.05, 0.1) is 66.5 Å². The molecule has 6 N–H and O–H groups in total. The van der Waals surface area contributed by atoms with Crippen molar-refractivity contribution in [2.45, 2.75) is 184 Å². The van der Waals surface area contributed by atoms with Crippen LogP contribution in [0.4, 0.5) is 4.79 Å². The fourth-order valence-electron chi connectivity index (χ4n) is 11.5. The average molecular weight is 1140 g/mol. The number of methoxy groups -OCH3 is 1. The van der Waals surface area contributed by atoms with Crippen LogP contribution in [0.25, 0.3) is 10.9 Å². The van der Waals surface area contributed by atoms with Gasteiger partial charge in [-0.15, -0.1) is 11.8 Å². The van der Waals surface area contributed by atoms with Crippen molar-refractivity contribution in [3.63, 3.8) is 0 Å². The van der Waals surface area contributed by atoms with Crippen molar-refractivity contribution in [2.75, 3.05) is 72.9 Å². The number of rotatable bonds is 18. The van der Waals surface area contributed by atoms with Crippen LogP contribution in [0, 0.1) is 23.7 Å². The van der Waals surface area contributed by atoms with Crippen molar-refractivity contribution in [3.05, 3.63) is 40.2 Å². The number of aliphatic hydroxyl groups excluding tert-OH is 2. The molecule has 0 spiro atoms. The molecule has 0 radical (unpaired) electrons. The first-order chi connectivity index (χ1) is 36.9. The van der Waals surface area contributed by atoms with E-state index in [1.165, 1.54) is 39.1 Å². The first-order valence-electron chi connectivity index (χ1n) is 27.1. The van der Waals surface area contributed by atoms with Crippen molar-refractivity contribution in [3.8, 4) is 0 Å². The lowest BCUT2D eigenvalue weighted by molar-refractivity contribution is -0.317. The molecule has 0 bridgehead atoms. The summed E-state index contributed by atoms with van der Waals surface area (Å²) in [6, 6.07) is 4.91. The molecule has 4 heterocycles. The fraction of sp³-hybridized carbons (Fsp3) is 0.764. The van der Waals surface area contributed by atoms with E-state index in [-0.39, 0.29) is 55.5 Å². The third kappa shape index (κ3) is 15.5. The molecule has 24 heteroatoms. The molecule has 0 aliphatic carbocycles. The summed E-state index contributed by atoms with van der Waals surface area (Å²) in [4.78, 5) is 60.7. The Kier molecular flexibility index (Phi) is 23.0. The molecule has 0 unspecified atom stereocenters. The molecule has 3 saturated heterocycles. The minimum Gasteiger partial charge on any atom is -0.477 e. The number of oxime groups is 1. The molecule has 5 rings (SSSR count). The fourth-order valence-corrected chi connectivity index (χ4v) is 12.3. The van der Waals surface area contributed by atoms with Gasteiger partial charge in [0.2, 0.25) is 5.43 Å². The van der Waals surface area contributed by atoms with Crippen molar-refractivity contribution < 1.29 is 82.6 Å². The zero-order valence-corrected chi connectivity index (χ0v) is 49.7. The molecular weight excluding hydrogens is 1050 g/mol. The Morgan fingerprint density at radius 1 is 0.937 bits per heavy atom. The number of esters is 1. The lowest BCUT2D eigenvalue weighted by Gasteiger charge is -2.49. The monoisotopic (exact) mass is 1140 g/mol. The van der Waals surface area contributed by atoms with Gasteiger partial charge in [-0.25, -0.2) is 9.59 Å². The van der Waals surface area contributed by atoms with Crippen molar-refractivity contribution >= 4 is 46.4 Å². The number of hydrogen-bond acceptors (Lipinski definition) is 21. The second-order valence-electron chi connectivity index (χ2n) is 22.6. The molecule has 3 aliphatic rings. The normalized spacial score (nSPS) is 36.6. The largest absolute Gasteiger partial charge is 0.477 e. The molecule has 1 amide bonds. The van der Waals surface area contributed by atoms with E-state index in [2.05, 4.69) is 10.5 Å². The maximum atomic E-state index is 14.6. The molecule has 79 heavy (non-hydrogen) atoms. The van der Waals surface area contributed by atoms with Gasteiger partial charge < -0.3 is 83.5 Å². The summed E-state index contributed by atoms with van der Waals surface area (Å²) in [5, 5.41) is 67.0. The first kappa shape index (κ1) is 65.6. The summed E-state index contributed by atoms with van der Waals surface area (Å²) in [6.07, 6.45) is -9.66. The van der Waals surface area contributed by atoms with Crippen LogP contribution in [0.1, 0.15) is 105 Å². The Hall–Kier alpha value is -4.18. The minimum absolute atomic E-state index is 0.0140. The topological polar surface area (TPSA) is 288 Å². The molecule has 0 saturated carbocycles. The predicted molar refractivity (Wildman–Crippen MR) is 295 cm³/mol. The summed E-state index contributed by atoms with van der Waals surface area (Å²) in [5.74, 6) is -5.10. The van der Waals surface area contributed by atoms with E-state index in [1.54, 1.807) is 84.4 Å². The number of aliphatic hydroxyl groups is 4. The molecule has 2 aromatic rings. The first-order valence-corrected chi connectivity index (χ1v) is 28.1. The highest BCUT2D eigenvalue weighted by Crippen LogP contribution is 2.42. The number of hydrogen-bond donors (Lipinski definition) is 6. The van der Waals surface area contributed by atoms with E-state index < -0.39 is 119 Å². The number of aromatic carboxylic acids is 1. The lowest BCUT2D eigenvalue weighted by Crippen LogP contribution is -2.61. The van der Waals surface area contributed by atoms with Crippen LogP contribution in [0.3, 0.4) is 0 Å². The van der Waals surface area contributed by atoms with E-state index >= 15 is 0 Å². The zero-order chi connectivity index (χ0) is 59.1. The molecule has 1 aromatic heterocycles. The molecule has 18 atom stereocenters. The number of carboxylic acid groups (broad SMARTS) is 1. The third-order valence-electron chi connectivity index (χ3n) is 15.9. The summed E-state index contributed by atoms with van der Waals surface area (Å²) >= 11 is 1.43. The molecule has 3 fully saturated rings. The quantitative estimate of drug-likeness (QED) is 0.0533. The van der Waals surface area contributed by atoms with Gasteiger partial charge in [0, 0.05) is 80.2 Å². The summed E-state index contributed by atoms with van der Waals surface area (Å²) < 4.78 is 51.9. The van der Waals surface area contributed by atoms with Crippen LogP contribution in [0.15, 0.2) is 39.2 Å². The molecule has 1 aromatic carbocycles. The number of carboxylic acids is 1. The van der Waals surface area contributed by atoms with Crippen LogP contribution < -0.4 is 15.8 Å². The number of aromatic nitrogens is 1. The standard InChI is InChI=1S/C55H89N5O18S/c1-17-40-55(10,69)46(63)31(4)42(57-71-16)29(2)26-53(8,68)47(77-51-44(62)39(58(11)12)24-30(3)73-51)32(5)45(33(6)50(66)75-40)76-41-27-54(9,70-15)48(34(7)74-41)78-52(67)56-20-21-72-22-23-79-35-18-19-38-36(25-35)43(61)37(49(64)65)28-60(38)59(13)14/h18-19,25,28-34,39-41,44-48,51,62-63,68-69H,17,20-24,26-27H2,1-16H3,(H,56,67)(H,64,65)/t29-,30-,31+,32+,33-,34+,39+,40-,41+,44-,45+,46-,47-,48+,51+,53-,54-,55-/m1/s1. The number of carbonyl (C=O) groups is 3. The zero-order valence-electron chi connectivity index (χ0n) is 48.9. The van der Waals surface area contributed by atoms with Gasteiger partial charge in [0.25, 0.3) is 0 Å². The summed E-state index contributed by atoms with van der Waals surface area (Å²) in [7, 11) is 10.0. The number of nitrogens with zero attached hydrogens (tertiary/aromatic N) is 4. The van der Waals surface area contributed by atoms with Crippen LogP contribution >= 0.6 is 11.8 Å². The van der Waals surface area contributed by atoms with Gasteiger partial charge in [-0.1, -0.05) is 32.9 Å². The van der Waals surface area contributed by atoms with E-state index in [1.807, 2.05) is 38.9 Å². The van der Waals surface area contributed by atoms with Gasteiger partial charge in [-0.3, -0.25) is 14.3 Å². The van der Waals surface area contributed by atoms with E-state index in [4.69, 9.17) is 42.7 Å². The number of likely N-dealkylation sites (N-methyl/N-ethyl adjacent to an activating group) is 1. The number of fused-ring (bicyclic) bond motifs is 1. The average Bonchev–Trinajstić information content (AvgIpc) is 3.42. The second-order valence-corrected chi connectivity index (χ2v) is 23.8. The predicted octanol–water partition coefficient (Wildman–Crippen LogP) is 3.97. The summed E-state index contributed by atoms with van der Waals surface area (Å²) in [5.41, 5.74) is -5.02. The maximum absolute atomic E-state index is 14.6. The Morgan fingerprint density at radius 2 is 1.62 bits per heavy atom. The van der Waals surface area contributed by atoms with Gasteiger partial charge in [0.15, 0.2) is 18.7 Å². The molecule has 23 nitrogen and oxygen atoms in total. The van der Waals surface area contributed by atoms with Crippen molar-refractivity contribution in [2.24, 2.45) is 28.8 Å². The molecule has 3 aliphatic heterocycles. The Bertz CT molecular complexity index is 2460. The molecule has 448 valence electrons. The highest BCUT2D eigenvalue weighted by atomic mass is 32.2. The van der Waals surface area contributed by atoms with E-state index in [0.717, 1.165) is 4.90 Å². The SMILES string of the molecule is CC[C@H]1OC(=O)[C@H](C)[C@@H](O[C@H]2C[C@@](C)(OC)[C@@H](OC(=O)NCCOCCSc3ccc4c(c3)c(=O)c(C(=O)O)cn4N(C)C)[C@H](C)O2)[C@H](C)[C@@H](O[C@@H]2O[C@H](C)C[C@H](N(C)C)[C@H]2O)[C@](C)(O)C[C@@H](C)C(=NOC)[C@H](C)[C@@H](O)[C@]1(C)O. The lowest BCUT2D eigenvalue weighted by atomic mass is 9.73.